The molecular weight excluding hydrogens is 291 g/mol. The summed E-state index contributed by atoms with van der Waals surface area (Å²) in [7, 11) is 0. The smallest absolute Gasteiger partial charge is 0.330 e. The average molecular weight is 301 g/mol. The molecule has 8 heteroatoms. The predicted octanol–water partition coefficient (Wildman–Crippen LogP) is 2.47. The minimum Gasteiger partial charge on any atom is -0.330 e. The summed E-state index contributed by atoms with van der Waals surface area (Å²) in [6.07, 6.45) is -6.50. The van der Waals surface area contributed by atoms with Crippen molar-refractivity contribution >= 4 is 17.8 Å². The monoisotopic (exact) mass is 301 g/mol. The van der Waals surface area contributed by atoms with Gasteiger partial charge in [0.05, 0.1) is 11.1 Å². The molecule has 0 aliphatic carbocycles. The highest BCUT2D eigenvalue weighted by Crippen LogP contribution is 2.24. The molecule has 2 amide bonds. The third-order valence-corrected chi connectivity index (χ3v) is 2.79. The van der Waals surface area contributed by atoms with Crippen LogP contribution in [0.5, 0.6) is 0 Å². The Hall–Kier alpha value is -2.38. The standard InChI is InChI=1S/C13H10F3NO4/c14-13(15,16)7-3-6-10(18)21-17-11(19)8-4-1-2-5-9(8)12(17)20/h1-2,4-5H,3,6-7H2. The number of hydroxylamine groups is 2. The van der Waals surface area contributed by atoms with Gasteiger partial charge >= 0.3 is 12.1 Å². The van der Waals surface area contributed by atoms with Crippen molar-refractivity contribution in [1.82, 2.24) is 5.06 Å². The second-order valence-corrected chi connectivity index (χ2v) is 4.38. The Labute approximate surface area is 117 Å². The summed E-state index contributed by atoms with van der Waals surface area (Å²) in [5.41, 5.74) is 0.177. The van der Waals surface area contributed by atoms with Crippen molar-refractivity contribution in [2.75, 3.05) is 0 Å². The molecule has 112 valence electrons. The van der Waals surface area contributed by atoms with E-state index >= 15 is 0 Å². The molecule has 0 unspecified atom stereocenters. The lowest BCUT2D eigenvalue weighted by Gasteiger charge is -2.12. The molecule has 1 aromatic rings. The first-order valence-electron chi connectivity index (χ1n) is 6.05. The molecule has 1 aromatic carbocycles. The van der Waals surface area contributed by atoms with E-state index < -0.39 is 43.2 Å². The molecule has 1 aliphatic heterocycles. The van der Waals surface area contributed by atoms with Gasteiger partial charge in [-0.1, -0.05) is 17.2 Å². The first kappa shape index (κ1) is 15.0. The molecule has 0 N–H and O–H groups in total. The summed E-state index contributed by atoms with van der Waals surface area (Å²) in [6.45, 7) is 0. The summed E-state index contributed by atoms with van der Waals surface area (Å²) < 4.78 is 35.8. The SMILES string of the molecule is O=C(CCCC(F)(F)F)ON1C(=O)c2ccccc2C1=O. The zero-order chi connectivity index (χ0) is 15.6. The van der Waals surface area contributed by atoms with Gasteiger partial charge in [-0.25, -0.2) is 4.79 Å². The summed E-state index contributed by atoms with van der Waals surface area (Å²) in [5.74, 6) is -2.67. The number of fused-ring (bicyclic) bond motifs is 1. The lowest BCUT2D eigenvalue weighted by Crippen LogP contribution is -2.32. The van der Waals surface area contributed by atoms with E-state index in [9.17, 15) is 27.6 Å². The van der Waals surface area contributed by atoms with E-state index in [0.29, 0.717) is 0 Å². The number of hydrogen-bond donors (Lipinski definition) is 0. The Morgan fingerprint density at radius 1 is 1.10 bits per heavy atom. The van der Waals surface area contributed by atoms with Crippen LogP contribution >= 0.6 is 0 Å². The highest BCUT2D eigenvalue weighted by molar-refractivity contribution is 6.20. The van der Waals surface area contributed by atoms with E-state index in [1.54, 1.807) is 12.1 Å². The van der Waals surface area contributed by atoms with Crippen LogP contribution in [-0.2, 0) is 9.63 Å². The van der Waals surface area contributed by atoms with Gasteiger partial charge in [-0.2, -0.15) is 13.2 Å². The van der Waals surface area contributed by atoms with E-state index in [0.717, 1.165) is 0 Å². The maximum atomic E-state index is 11.9. The Kier molecular flexibility index (Phi) is 3.97. The van der Waals surface area contributed by atoms with Gasteiger partial charge in [0.25, 0.3) is 11.8 Å². The zero-order valence-electron chi connectivity index (χ0n) is 10.6. The van der Waals surface area contributed by atoms with Crippen molar-refractivity contribution in [3.05, 3.63) is 35.4 Å². The van der Waals surface area contributed by atoms with Gasteiger partial charge in [0.15, 0.2) is 0 Å². The van der Waals surface area contributed by atoms with E-state index in [1.165, 1.54) is 12.1 Å². The van der Waals surface area contributed by atoms with Gasteiger partial charge in [-0.3, -0.25) is 9.59 Å². The largest absolute Gasteiger partial charge is 0.389 e. The van der Waals surface area contributed by atoms with E-state index in [-0.39, 0.29) is 16.2 Å². The van der Waals surface area contributed by atoms with E-state index in [1.807, 2.05) is 0 Å². The number of halogens is 3. The van der Waals surface area contributed by atoms with Gasteiger partial charge in [-0.15, -0.1) is 0 Å². The first-order chi connectivity index (χ1) is 9.79. The number of carbonyl (C=O) groups excluding carboxylic acids is 3. The third kappa shape index (κ3) is 3.39. The number of benzene rings is 1. The topological polar surface area (TPSA) is 63.7 Å². The van der Waals surface area contributed by atoms with Gasteiger partial charge in [0.1, 0.15) is 0 Å². The minimum atomic E-state index is -4.37. The Bertz CT molecular complexity index is 562. The molecular formula is C13H10F3NO4. The number of amides is 2. The summed E-state index contributed by atoms with van der Waals surface area (Å²) in [6, 6.07) is 5.87. The van der Waals surface area contributed by atoms with Crippen molar-refractivity contribution in [2.24, 2.45) is 0 Å². The van der Waals surface area contributed by atoms with Crippen molar-refractivity contribution < 1.29 is 32.4 Å². The molecule has 0 spiro atoms. The van der Waals surface area contributed by atoms with Crippen LogP contribution in [0.3, 0.4) is 0 Å². The molecule has 0 bridgehead atoms. The number of alkyl halides is 3. The van der Waals surface area contributed by atoms with Crippen molar-refractivity contribution in [3.8, 4) is 0 Å². The summed E-state index contributed by atoms with van der Waals surface area (Å²) in [5, 5.41) is 0.278. The van der Waals surface area contributed by atoms with Crippen molar-refractivity contribution in [3.63, 3.8) is 0 Å². The van der Waals surface area contributed by atoms with Crippen LogP contribution in [0.1, 0.15) is 40.0 Å². The number of nitrogens with zero attached hydrogens (tertiary/aromatic N) is 1. The quantitative estimate of drug-likeness (QED) is 0.801. The van der Waals surface area contributed by atoms with Gasteiger partial charge < -0.3 is 4.84 Å². The van der Waals surface area contributed by atoms with Crippen molar-refractivity contribution in [2.45, 2.75) is 25.4 Å². The van der Waals surface area contributed by atoms with Gasteiger partial charge in [-0.05, 0) is 18.6 Å². The van der Waals surface area contributed by atoms with Crippen LogP contribution in [0, 0.1) is 0 Å². The summed E-state index contributed by atoms with van der Waals surface area (Å²) in [4.78, 5) is 39.6. The van der Waals surface area contributed by atoms with Crippen LogP contribution < -0.4 is 0 Å². The molecule has 1 heterocycles. The van der Waals surface area contributed by atoms with Crippen LogP contribution in [0.2, 0.25) is 0 Å². The number of hydrogen-bond acceptors (Lipinski definition) is 4. The maximum absolute atomic E-state index is 11.9. The molecule has 5 nitrogen and oxygen atoms in total. The zero-order valence-corrected chi connectivity index (χ0v) is 10.6. The second kappa shape index (κ2) is 5.55. The molecule has 2 rings (SSSR count). The highest BCUT2D eigenvalue weighted by Gasteiger charge is 2.38. The third-order valence-electron chi connectivity index (χ3n) is 2.79. The Balaban J connectivity index is 1.94. The van der Waals surface area contributed by atoms with E-state index in [4.69, 9.17) is 0 Å². The molecule has 21 heavy (non-hydrogen) atoms. The molecule has 0 radical (unpaired) electrons. The maximum Gasteiger partial charge on any atom is 0.389 e. The highest BCUT2D eigenvalue weighted by atomic mass is 19.4. The fourth-order valence-corrected chi connectivity index (χ4v) is 1.83. The van der Waals surface area contributed by atoms with Crippen LogP contribution in [0.25, 0.3) is 0 Å². The number of rotatable bonds is 4. The molecule has 1 aliphatic rings. The van der Waals surface area contributed by atoms with E-state index in [2.05, 4.69) is 4.84 Å². The van der Waals surface area contributed by atoms with Crippen LogP contribution in [0.4, 0.5) is 13.2 Å². The Morgan fingerprint density at radius 3 is 2.10 bits per heavy atom. The Morgan fingerprint density at radius 2 is 1.62 bits per heavy atom. The molecule has 0 saturated heterocycles. The van der Waals surface area contributed by atoms with Gasteiger partial charge in [0.2, 0.25) is 0 Å². The summed E-state index contributed by atoms with van der Waals surface area (Å²) >= 11 is 0. The van der Waals surface area contributed by atoms with Crippen LogP contribution in [0.15, 0.2) is 24.3 Å². The predicted molar refractivity (Wildman–Crippen MR) is 62.9 cm³/mol. The second-order valence-electron chi connectivity index (χ2n) is 4.38. The average Bonchev–Trinajstić information content (AvgIpc) is 2.63. The van der Waals surface area contributed by atoms with Crippen LogP contribution in [-0.4, -0.2) is 29.0 Å². The molecule has 0 atom stereocenters. The number of imide groups is 1. The van der Waals surface area contributed by atoms with Crippen molar-refractivity contribution in [1.29, 1.82) is 0 Å². The fraction of sp³-hybridized carbons (Fsp3) is 0.308. The van der Waals surface area contributed by atoms with Gasteiger partial charge in [0, 0.05) is 12.8 Å². The molecule has 0 saturated carbocycles. The fourth-order valence-electron chi connectivity index (χ4n) is 1.83. The lowest BCUT2D eigenvalue weighted by molar-refractivity contribution is -0.170. The first-order valence-corrected chi connectivity index (χ1v) is 6.05. The minimum absolute atomic E-state index is 0.0885. The lowest BCUT2D eigenvalue weighted by atomic mass is 10.1. The molecule has 0 aromatic heterocycles. The number of carbonyl (C=O) groups is 3. The molecule has 0 fully saturated rings. The normalized spacial score (nSPS) is 14.3.